The molecule has 0 aromatic heterocycles. The van der Waals surface area contributed by atoms with Crippen molar-refractivity contribution in [3.05, 3.63) is 29.8 Å². The zero-order valence-corrected chi connectivity index (χ0v) is 21.0. The maximum atomic E-state index is 12.6. The highest BCUT2D eigenvalue weighted by molar-refractivity contribution is 7.89. The number of carbonyl (C=O) groups excluding carboxylic acids is 1. The SMILES string of the molecule is CCC(CC)C(CNC(=O)CCc1ccc(S(=O)(=O)N(CC)CC)cc1)N1CCOCC1. The fraction of sp³-hybridized carbons (Fsp3) is 0.708. The minimum Gasteiger partial charge on any atom is -0.379 e. The van der Waals surface area contributed by atoms with Gasteiger partial charge in [-0.2, -0.15) is 4.31 Å². The molecule has 1 aromatic rings. The van der Waals surface area contributed by atoms with Crippen molar-refractivity contribution in [3.8, 4) is 0 Å². The van der Waals surface area contributed by atoms with E-state index in [1.807, 2.05) is 26.0 Å². The Balaban J connectivity index is 1.90. The van der Waals surface area contributed by atoms with Gasteiger partial charge in [0, 0.05) is 45.2 Å². The number of nitrogens with zero attached hydrogens (tertiary/aromatic N) is 2. The first-order valence-electron chi connectivity index (χ1n) is 12.0. The molecule has 32 heavy (non-hydrogen) atoms. The van der Waals surface area contributed by atoms with Gasteiger partial charge in [-0.15, -0.1) is 0 Å². The molecule has 0 spiro atoms. The van der Waals surface area contributed by atoms with Crippen LogP contribution in [0.2, 0.25) is 0 Å². The summed E-state index contributed by atoms with van der Waals surface area (Å²) in [5, 5.41) is 3.14. The van der Waals surface area contributed by atoms with E-state index in [1.165, 1.54) is 4.31 Å². The van der Waals surface area contributed by atoms with Crippen molar-refractivity contribution in [2.45, 2.75) is 64.3 Å². The van der Waals surface area contributed by atoms with Crippen molar-refractivity contribution in [3.63, 3.8) is 0 Å². The Morgan fingerprint density at radius 2 is 1.66 bits per heavy atom. The second-order valence-electron chi connectivity index (χ2n) is 8.33. The molecule has 0 aliphatic carbocycles. The van der Waals surface area contributed by atoms with Crippen LogP contribution in [0.4, 0.5) is 0 Å². The molecular weight excluding hydrogens is 426 g/mol. The molecule has 182 valence electrons. The Kier molecular flexibility index (Phi) is 11.1. The minimum atomic E-state index is -3.45. The number of benzene rings is 1. The second-order valence-corrected chi connectivity index (χ2v) is 10.3. The molecule has 8 heteroatoms. The summed E-state index contributed by atoms with van der Waals surface area (Å²) in [5.41, 5.74) is 0.961. The van der Waals surface area contributed by atoms with Crippen molar-refractivity contribution in [2.24, 2.45) is 5.92 Å². The lowest BCUT2D eigenvalue weighted by Gasteiger charge is -2.38. The third kappa shape index (κ3) is 7.27. The third-order valence-electron chi connectivity index (χ3n) is 6.52. The molecular formula is C24H41N3O4S. The Morgan fingerprint density at radius 1 is 1.06 bits per heavy atom. The second kappa shape index (κ2) is 13.3. The molecule has 1 N–H and O–H groups in total. The van der Waals surface area contributed by atoms with Gasteiger partial charge >= 0.3 is 0 Å². The van der Waals surface area contributed by atoms with Crippen LogP contribution in [0.25, 0.3) is 0 Å². The minimum absolute atomic E-state index is 0.0362. The van der Waals surface area contributed by atoms with Crippen LogP contribution >= 0.6 is 0 Å². The molecule has 0 radical (unpaired) electrons. The molecule has 0 bridgehead atoms. The van der Waals surface area contributed by atoms with Gasteiger partial charge in [0.2, 0.25) is 15.9 Å². The molecule has 1 heterocycles. The molecule has 1 amide bonds. The lowest BCUT2D eigenvalue weighted by atomic mass is 9.92. The van der Waals surface area contributed by atoms with Crippen LogP contribution in [0.15, 0.2) is 29.2 Å². The van der Waals surface area contributed by atoms with Gasteiger partial charge in [0.25, 0.3) is 0 Å². The number of ether oxygens (including phenoxy) is 1. The van der Waals surface area contributed by atoms with E-state index >= 15 is 0 Å². The summed E-state index contributed by atoms with van der Waals surface area (Å²) in [6.45, 7) is 13.0. The first-order valence-corrected chi connectivity index (χ1v) is 13.5. The molecule has 1 saturated heterocycles. The third-order valence-corrected chi connectivity index (χ3v) is 8.59. The zero-order chi connectivity index (χ0) is 23.6. The number of aryl methyl sites for hydroxylation is 1. The number of nitrogens with one attached hydrogen (secondary N) is 1. The summed E-state index contributed by atoms with van der Waals surface area (Å²) < 4.78 is 32.2. The number of sulfonamides is 1. The van der Waals surface area contributed by atoms with Crippen LogP contribution in [0, 0.1) is 5.92 Å². The first kappa shape index (κ1) is 26.8. The normalized spacial score (nSPS) is 16.4. The van der Waals surface area contributed by atoms with E-state index in [0.29, 0.717) is 49.3 Å². The zero-order valence-electron chi connectivity index (χ0n) is 20.2. The molecule has 1 unspecified atom stereocenters. The maximum absolute atomic E-state index is 12.6. The van der Waals surface area contributed by atoms with Gasteiger partial charge < -0.3 is 10.1 Å². The number of carbonyl (C=O) groups is 1. The number of morpholine rings is 1. The van der Waals surface area contributed by atoms with Crippen LogP contribution < -0.4 is 5.32 Å². The standard InChI is InChI=1S/C24H41N3O4S/c1-5-21(6-2)23(26-15-17-31-18-16-26)19-25-24(28)14-11-20-9-12-22(13-10-20)32(29,30)27(7-3)8-4/h9-10,12-13,21,23H,5-8,11,14-19H2,1-4H3,(H,25,28). The van der Waals surface area contributed by atoms with E-state index in [-0.39, 0.29) is 5.91 Å². The molecule has 0 saturated carbocycles. The lowest BCUT2D eigenvalue weighted by molar-refractivity contribution is -0.121. The summed E-state index contributed by atoms with van der Waals surface area (Å²) >= 11 is 0. The largest absolute Gasteiger partial charge is 0.379 e. The average Bonchev–Trinajstić information content (AvgIpc) is 2.81. The highest BCUT2D eigenvalue weighted by Crippen LogP contribution is 2.20. The van der Waals surface area contributed by atoms with Crippen molar-refractivity contribution in [1.82, 2.24) is 14.5 Å². The Bertz CT molecular complexity index is 784. The summed E-state index contributed by atoms with van der Waals surface area (Å²) in [5.74, 6) is 0.586. The van der Waals surface area contributed by atoms with Crippen LogP contribution in [0.1, 0.15) is 52.5 Å². The Hall–Kier alpha value is -1.48. The van der Waals surface area contributed by atoms with Crippen LogP contribution in [0.5, 0.6) is 0 Å². The van der Waals surface area contributed by atoms with E-state index in [4.69, 9.17) is 4.74 Å². The van der Waals surface area contributed by atoms with Crippen LogP contribution in [-0.4, -0.2) is 75.5 Å². The van der Waals surface area contributed by atoms with Crippen LogP contribution in [0.3, 0.4) is 0 Å². The molecule has 7 nitrogen and oxygen atoms in total. The predicted octanol–water partition coefficient (Wildman–Crippen LogP) is 2.90. The van der Waals surface area contributed by atoms with Gasteiger partial charge in [-0.3, -0.25) is 9.69 Å². The maximum Gasteiger partial charge on any atom is 0.243 e. The van der Waals surface area contributed by atoms with Gasteiger partial charge in [-0.05, 0) is 30.0 Å². The number of hydrogen-bond acceptors (Lipinski definition) is 5. The fourth-order valence-corrected chi connectivity index (χ4v) is 5.90. The monoisotopic (exact) mass is 467 g/mol. The summed E-state index contributed by atoms with van der Waals surface area (Å²) in [7, 11) is -3.45. The first-order chi connectivity index (χ1) is 15.4. The van der Waals surface area contributed by atoms with Gasteiger partial charge in [0.1, 0.15) is 0 Å². The molecule has 1 atom stereocenters. The summed E-state index contributed by atoms with van der Waals surface area (Å²) in [4.78, 5) is 15.3. The lowest BCUT2D eigenvalue weighted by Crippen LogP contribution is -2.52. The smallest absolute Gasteiger partial charge is 0.243 e. The molecule has 1 fully saturated rings. The van der Waals surface area contributed by atoms with Gasteiger partial charge in [-0.25, -0.2) is 8.42 Å². The van der Waals surface area contributed by atoms with Gasteiger partial charge in [0.05, 0.1) is 18.1 Å². The molecule has 1 aliphatic rings. The Labute approximate surface area is 194 Å². The topological polar surface area (TPSA) is 79.0 Å². The number of amides is 1. The van der Waals surface area contributed by atoms with E-state index < -0.39 is 10.0 Å². The van der Waals surface area contributed by atoms with Crippen molar-refractivity contribution >= 4 is 15.9 Å². The Morgan fingerprint density at radius 3 is 2.19 bits per heavy atom. The highest BCUT2D eigenvalue weighted by atomic mass is 32.2. The number of rotatable bonds is 13. The predicted molar refractivity (Wildman–Crippen MR) is 128 cm³/mol. The van der Waals surface area contributed by atoms with E-state index in [2.05, 4.69) is 24.1 Å². The van der Waals surface area contributed by atoms with Crippen molar-refractivity contribution in [1.29, 1.82) is 0 Å². The van der Waals surface area contributed by atoms with E-state index in [1.54, 1.807) is 12.1 Å². The van der Waals surface area contributed by atoms with E-state index in [9.17, 15) is 13.2 Å². The molecule has 1 aliphatic heterocycles. The van der Waals surface area contributed by atoms with Gasteiger partial charge in [-0.1, -0.05) is 52.7 Å². The summed E-state index contributed by atoms with van der Waals surface area (Å²) in [6.07, 6.45) is 3.17. The van der Waals surface area contributed by atoms with Gasteiger partial charge in [0.15, 0.2) is 0 Å². The fourth-order valence-electron chi connectivity index (χ4n) is 4.44. The number of hydrogen-bond donors (Lipinski definition) is 1. The highest BCUT2D eigenvalue weighted by Gasteiger charge is 2.27. The van der Waals surface area contributed by atoms with E-state index in [0.717, 1.165) is 44.7 Å². The van der Waals surface area contributed by atoms with Crippen molar-refractivity contribution < 1.29 is 17.9 Å². The molecule has 1 aromatic carbocycles. The van der Waals surface area contributed by atoms with Crippen molar-refractivity contribution in [2.75, 3.05) is 45.9 Å². The quantitative estimate of drug-likeness (QED) is 0.483. The average molecular weight is 468 g/mol. The van der Waals surface area contributed by atoms with Crippen LogP contribution in [-0.2, 0) is 26.0 Å². The molecule has 2 rings (SSSR count). The summed E-state index contributed by atoms with van der Waals surface area (Å²) in [6, 6.07) is 7.24.